The lowest BCUT2D eigenvalue weighted by atomic mass is 9.91. The normalized spacial score (nSPS) is 31.0. The largest absolute Gasteiger partial charge is 0.347 e. The summed E-state index contributed by atoms with van der Waals surface area (Å²) in [4.78, 5) is 2.48. The second-order valence-electron chi connectivity index (χ2n) is 15.7. The highest BCUT2D eigenvalue weighted by Crippen LogP contribution is 2.37. The second kappa shape index (κ2) is 27.9. The Labute approximate surface area is 293 Å². The lowest BCUT2D eigenvalue weighted by molar-refractivity contribution is -0.181. The Hall–Kier alpha value is -0.900. The van der Waals surface area contributed by atoms with Crippen molar-refractivity contribution in [2.75, 3.05) is 26.7 Å². The van der Waals surface area contributed by atoms with Gasteiger partial charge in [0.15, 0.2) is 5.79 Å². The molecule has 1 spiro atoms. The van der Waals surface area contributed by atoms with Crippen LogP contribution in [0.2, 0.25) is 0 Å². The first kappa shape index (κ1) is 40.5. The Kier molecular flexibility index (Phi) is 24.0. The van der Waals surface area contributed by atoms with E-state index in [0.717, 1.165) is 31.8 Å². The van der Waals surface area contributed by atoms with E-state index in [1.807, 2.05) is 0 Å². The van der Waals surface area contributed by atoms with Crippen LogP contribution in [0.25, 0.3) is 0 Å². The first-order valence-electron chi connectivity index (χ1n) is 21.2. The summed E-state index contributed by atoms with van der Waals surface area (Å²) in [5.74, 6) is 0.520. The van der Waals surface area contributed by atoms with Crippen LogP contribution in [0.4, 0.5) is 0 Å². The predicted molar refractivity (Wildman–Crippen MR) is 205 cm³/mol. The van der Waals surface area contributed by atoms with Crippen LogP contribution in [-0.2, 0) is 9.47 Å². The fourth-order valence-corrected chi connectivity index (χ4v) is 8.02. The molecule has 0 amide bonds. The van der Waals surface area contributed by atoms with Gasteiger partial charge in [0.1, 0.15) is 0 Å². The van der Waals surface area contributed by atoms with Crippen LogP contribution in [0.3, 0.4) is 0 Å². The molecule has 2 saturated heterocycles. The van der Waals surface area contributed by atoms with Gasteiger partial charge in [-0.2, -0.15) is 0 Å². The molecule has 0 radical (unpaired) electrons. The monoisotopic (exact) mass is 654 g/mol. The summed E-state index contributed by atoms with van der Waals surface area (Å²) in [6.07, 6.45) is 55.9. The maximum atomic E-state index is 6.86. The van der Waals surface area contributed by atoms with Crippen LogP contribution in [-0.4, -0.2) is 43.5 Å². The molecule has 2 fully saturated rings. The number of hydrogen-bond acceptors (Lipinski definition) is 3. The fraction of sp³-hybridized carbons (Fsp3) is 0.864. The van der Waals surface area contributed by atoms with Crippen molar-refractivity contribution >= 4 is 0 Å². The molecule has 0 aromatic heterocycles. The summed E-state index contributed by atoms with van der Waals surface area (Å²) in [5.41, 5.74) is 0. The van der Waals surface area contributed by atoms with Gasteiger partial charge in [0.05, 0.1) is 12.7 Å². The molecule has 2 heterocycles. The fourth-order valence-electron chi connectivity index (χ4n) is 8.02. The molecule has 0 saturated carbocycles. The average Bonchev–Trinajstić information content (AvgIpc) is 3.47. The third kappa shape index (κ3) is 21.0. The molecule has 2 aliphatic heterocycles. The van der Waals surface area contributed by atoms with Crippen molar-refractivity contribution in [3.63, 3.8) is 0 Å². The summed E-state index contributed by atoms with van der Waals surface area (Å²) in [6, 6.07) is 0. The van der Waals surface area contributed by atoms with Crippen molar-refractivity contribution in [3.8, 4) is 0 Å². The Balaban J connectivity index is 1.36. The molecule has 3 aliphatic rings. The number of likely N-dealkylation sites (tertiary alicyclic amines) is 1. The van der Waals surface area contributed by atoms with Crippen LogP contribution >= 0.6 is 0 Å². The van der Waals surface area contributed by atoms with E-state index in [1.165, 1.54) is 193 Å². The third-order valence-electron chi connectivity index (χ3n) is 11.2. The summed E-state index contributed by atoms with van der Waals surface area (Å²) in [5, 5.41) is 0. The topological polar surface area (TPSA) is 21.7 Å². The van der Waals surface area contributed by atoms with E-state index in [9.17, 15) is 0 Å². The standard InChI is InChI=1S/C44H79NO2/c1-45-38-34-42(35-39-45)40-43-41-46-44(47-43)36-32-30-28-26-24-22-20-18-16-14-12-10-8-6-4-2-3-5-7-9-11-13-15-17-19-21-23-25-27-29-31-33-37-44/h10,12,16-19,42-43H,2-9,11,13-15,20-41H2,1H3/b12-10-,18-16-,19-17-. The Morgan fingerprint density at radius 1 is 0.511 bits per heavy atom. The second-order valence-corrected chi connectivity index (χ2v) is 15.7. The molecule has 1 aliphatic carbocycles. The molecule has 0 bridgehead atoms. The van der Waals surface area contributed by atoms with Crippen molar-refractivity contribution in [3.05, 3.63) is 36.5 Å². The van der Waals surface area contributed by atoms with Crippen LogP contribution in [0, 0.1) is 5.92 Å². The maximum Gasteiger partial charge on any atom is 0.168 e. The number of ether oxygens (including phenoxy) is 2. The zero-order valence-electron chi connectivity index (χ0n) is 31.4. The van der Waals surface area contributed by atoms with Crippen molar-refractivity contribution in [2.45, 2.75) is 211 Å². The molecule has 47 heavy (non-hydrogen) atoms. The van der Waals surface area contributed by atoms with Gasteiger partial charge in [0.2, 0.25) is 0 Å². The van der Waals surface area contributed by atoms with E-state index in [2.05, 4.69) is 48.4 Å². The highest BCUT2D eigenvalue weighted by atomic mass is 16.7. The van der Waals surface area contributed by atoms with E-state index in [-0.39, 0.29) is 5.79 Å². The van der Waals surface area contributed by atoms with Crippen LogP contribution in [0.15, 0.2) is 36.5 Å². The van der Waals surface area contributed by atoms with E-state index in [1.54, 1.807) is 0 Å². The molecule has 0 aromatic rings. The minimum absolute atomic E-state index is 0.295. The molecule has 272 valence electrons. The Morgan fingerprint density at radius 2 is 0.894 bits per heavy atom. The third-order valence-corrected chi connectivity index (χ3v) is 11.2. The number of piperidine rings is 1. The highest BCUT2D eigenvalue weighted by molar-refractivity contribution is 4.92. The number of nitrogens with zero attached hydrogens (tertiary/aromatic N) is 1. The molecular weight excluding hydrogens is 574 g/mol. The van der Waals surface area contributed by atoms with Gasteiger partial charge in [0, 0.05) is 12.8 Å². The van der Waals surface area contributed by atoms with Crippen molar-refractivity contribution in [1.82, 2.24) is 4.90 Å². The van der Waals surface area contributed by atoms with Gasteiger partial charge in [0.25, 0.3) is 0 Å². The minimum atomic E-state index is -0.295. The van der Waals surface area contributed by atoms with Crippen molar-refractivity contribution < 1.29 is 9.47 Å². The molecule has 2 unspecified atom stereocenters. The number of hydrogen-bond donors (Lipinski definition) is 0. The quantitative estimate of drug-likeness (QED) is 0.277. The SMILES string of the molecule is CN1CCC(CC2COC3(CCCCCCCC/C=C\C/C=C\CCCCCCCCCCC/C=C\CCCCCCCC3)O2)CC1. The molecule has 3 nitrogen and oxygen atoms in total. The number of rotatable bonds is 2. The number of allylic oxidation sites excluding steroid dienone is 6. The first-order valence-corrected chi connectivity index (χ1v) is 21.2. The summed E-state index contributed by atoms with van der Waals surface area (Å²) in [6.45, 7) is 3.31. The lowest BCUT2D eigenvalue weighted by Crippen LogP contribution is -2.33. The molecule has 0 N–H and O–H groups in total. The van der Waals surface area contributed by atoms with E-state index < -0.39 is 0 Å². The summed E-state index contributed by atoms with van der Waals surface area (Å²) in [7, 11) is 2.26. The molecule has 3 heteroatoms. The Morgan fingerprint density at radius 3 is 1.34 bits per heavy atom. The van der Waals surface area contributed by atoms with Gasteiger partial charge in [-0.1, -0.05) is 133 Å². The zero-order chi connectivity index (χ0) is 32.9. The molecule has 3 rings (SSSR count). The first-order chi connectivity index (χ1) is 23.3. The van der Waals surface area contributed by atoms with Crippen LogP contribution in [0.5, 0.6) is 0 Å². The minimum Gasteiger partial charge on any atom is -0.347 e. The van der Waals surface area contributed by atoms with Crippen LogP contribution in [0.1, 0.15) is 199 Å². The molecule has 0 aromatic carbocycles. The zero-order valence-corrected chi connectivity index (χ0v) is 31.4. The van der Waals surface area contributed by atoms with Gasteiger partial charge in [-0.3, -0.25) is 0 Å². The van der Waals surface area contributed by atoms with E-state index in [4.69, 9.17) is 9.47 Å². The average molecular weight is 654 g/mol. The van der Waals surface area contributed by atoms with Gasteiger partial charge < -0.3 is 14.4 Å². The summed E-state index contributed by atoms with van der Waals surface area (Å²) >= 11 is 0. The molecular formula is C44H79NO2. The smallest absolute Gasteiger partial charge is 0.168 e. The summed E-state index contributed by atoms with van der Waals surface area (Å²) < 4.78 is 13.5. The van der Waals surface area contributed by atoms with Gasteiger partial charge in [-0.05, 0) is 116 Å². The Bertz CT molecular complexity index is 797. The van der Waals surface area contributed by atoms with E-state index >= 15 is 0 Å². The van der Waals surface area contributed by atoms with Gasteiger partial charge in [-0.25, -0.2) is 0 Å². The maximum absolute atomic E-state index is 6.86. The predicted octanol–water partition coefficient (Wildman–Crippen LogP) is 13.4. The van der Waals surface area contributed by atoms with Crippen molar-refractivity contribution in [1.29, 1.82) is 0 Å². The molecule has 2 atom stereocenters. The highest BCUT2D eigenvalue weighted by Gasteiger charge is 2.41. The van der Waals surface area contributed by atoms with Crippen LogP contribution < -0.4 is 0 Å². The van der Waals surface area contributed by atoms with E-state index in [0.29, 0.717) is 6.10 Å². The lowest BCUT2D eigenvalue weighted by Gasteiger charge is -2.31. The van der Waals surface area contributed by atoms with Gasteiger partial charge >= 0.3 is 0 Å². The van der Waals surface area contributed by atoms with Gasteiger partial charge in [-0.15, -0.1) is 0 Å². The van der Waals surface area contributed by atoms with Crippen molar-refractivity contribution in [2.24, 2.45) is 5.92 Å².